The first-order valence-electron chi connectivity index (χ1n) is 10.4. The molecule has 0 amide bonds. The minimum Gasteiger partial charge on any atom is -0.465 e. The maximum atomic E-state index is 11.8. The van der Waals surface area contributed by atoms with Gasteiger partial charge < -0.3 is 14.8 Å². The van der Waals surface area contributed by atoms with Crippen molar-refractivity contribution in [1.82, 2.24) is 15.2 Å². The van der Waals surface area contributed by atoms with Gasteiger partial charge in [0.05, 0.1) is 12.7 Å². The van der Waals surface area contributed by atoms with E-state index in [2.05, 4.69) is 20.5 Å². The van der Waals surface area contributed by atoms with Crippen LogP contribution in [0.25, 0.3) is 11.3 Å². The van der Waals surface area contributed by atoms with Gasteiger partial charge in [-0.15, -0.1) is 10.2 Å². The Hall–Kier alpha value is -3.62. The van der Waals surface area contributed by atoms with Crippen LogP contribution in [0, 0.1) is 0 Å². The zero-order valence-corrected chi connectivity index (χ0v) is 19.6. The van der Waals surface area contributed by atoms with E-state index in [9.17, 15) is 4.79 Å². The Balaban J connectivity index is 1.47. The number of methoxy groups -OCH3 is 1. The summed E-state index contributed by atoms with van der Waals surface area (Å²) in [7, 11) is 1.36. The average molecular weight is 491 g/mol. The number of nitrogens with one attached hydrogen (secondary N) is 1. The monoisotopic (exact) mass is 490 g/mol. The van der Waals surface area contributed by atoms with Gasteiger partial charge in [-0.3, -0.25) is 0 Å². The van der Waals surface area contributed by atoms with E-state index >= 15 is 0 Å². The van der Waals surface area contributed by atoms with Gasteiger partial charge in [0.15, 0.2) is 11.9 Å². The molecule has 1 aliphatic heterocycles. The maximum absolute atomic E-state index is 11.8. The number of hydrogen-bond acceptors (Lipinski definition) is 8. The molecule has 0 unspecified atom stereocenters. The van der Waals surface area contributed by atoms with Crippen LogP contribution >= 0.6 is 23.4 Å². The van der Waals surface area contributed by atoms with E-state index in [0.717, 1.165) is 22.4 Å². The molecule has 2 heterocycles. The molecule has 34 heavy (non-hydrogen) atoms. The molecule has 9 heteroatoms. The topological polar surface area (TPSA) is 86.2 Å². The number of ether oxygens (including phenoxy) is 2. The highest BCUT2D eigenvalue weighted by molar-refractivity contribution is 7.98. The molecule has 3 aromatic carbocycles. The molecule has 4 aromatic rings. The van der Waals surface area contributed by atoms with E-state index in [-0.39, 0.29) is 0 Å². The highest BCUT2D eigenvalue weighted by Gasteiger charge is 2.26. The molecule has 0 saturated carbocycles. The van der Waals surface area contributed by atoms with Crippen molar-refractivity contribution in [3.63, 3.8) is 0 Å². The van der Waals surface area contributed by atoms with Crippen LogP contribution < -0.4 is 10.1 Å². The van der Waals surface area contributed by atoms with Gasteiger partial charge in [-0.05, 0) is 29.8 Å². The fourth-order valence-corrected chi connectivity index (χ4v) is 4.59. The second kappa shape index (κ2) is 9.70. The number of halogens is 1. The number of thioether (sulfide) groups is 1. The highest BCUT2D eigenvalue weighted by Crippen LogP contribution is 2.39. The van der Waals surface area contributed by atoms with Crippen LogP contribution in [-0.2, 0) is 10.5 Å². The van der Waals surface area contributed by atoms with Crippen molar-refractivity contribution in [2.24, 2.45) is 0 Å². The Kier molecular flexibility index (Phi) is 6.33. The number of aromatic nitrogens is 3. The van der Waals surface area contributed by atoms with Crippen molar-refractivity contribution in [3.8, 4) is 17.1 Å². The standard InChI is InChI=1S/C25H19ClN4O3S/c1-32-24(31)16-12-10-15(11-13-16)22-27-20-9-5-3-7-18(20)21-23(33-22)28-25(30-29-21)34-14-17-6-2-4-8-19(17)26/h2-13,22,27H,14H2,1H3/t22-/m0/s1. The number of benzene rings is 3. The lowest BCUT2D eigenvalue weighted by molar-refractivity contribution is 0.0600. The third-order valence-corrected chi connectivity index (χ3v) is 6.54. The zero-order chi connectivity index (χ0) is 23.5. The Morgan fingerprint density at radius 2 is 1.82 bits per heavy atom. The van der Waals surface area contributed by atoms with Crippen LogP contribution in [0.2, 0.25) is 5.02 Å². The summed E-state index contributed by atoms with van der Waals surface area (Å²) in [5, 5.41) is 13.3. The number of nitrogens with zero attached hydrogens (tertiary/aromatic N) is 3. The van der Waals surface area contributed by atoms with Crippen LogP contribution in [0.15, 0.2) is 78.0 Å². The van der Waals surface area contributed by atoms with Crippen LogP contribution in [0.4, 0.5) is 5.69 Å². The molecule has 170 valence electrons. The summed E-state index contributed by atoms with van der Waals surface area (Å²) in [6.07, 6.45) is -0.549. The first kappa shape index (κ1) is 22.2. The van der Waals surface area contributed by atoms with Crippen molar-refractivity contribution in [1.29, 1.82) is 0 Å². The minimum absolute atomic E-state index is 0.371. The number of para-hydroxylation sites is 1. The molecule has 1 aromatic heterocycles. The van der Waals surface area contributed by atoms with Crippen LogP contribution in [0.3, 0.4) is 0 Å². The lowest BCUT2D eigenvalue weighted by atomic mass is 10.1. The predicted molar refractivity (Wildman–Crippen MR) is 131 cm³/mol. The summed E-state index contributed by atoms with van der Waals surface area (Å²) >= 11 is 7.71. The van der Waals surface area contributed by atoms with Gasteiger partial charge in [0, 0.05) is 27.6 Å². The van der Waals surface area contributed by atoms with Crippen LogP contribution in [-0.4, -0.2) is 28.3 Å². The molecular weight excluding hydrogens is 472 g/mol. The summed E-state index contributed by atoms with van der Waals surface area (Å²) < 4.78 is 11.1. The summed E-state index contributed by atoms with van der Waals surface area (Å²) in [6, 6.07) is 22.5. The second-order valence-electron chi connectivity index (χ2n) is 7.43. The van der Waals surface area contributed by atoms with Crippen molar-refractivity contribution < 1.29 is 14.3 Å². The number of esters is 1. The number of carbonyl (C=O) groups excluding carboxylic acids is 1. The van der Waals surface area contributed by atoms with E-state index in [1.165, 1.54) is 18.9 Å². The van der Waals surface area contributed by atoms with Gasteiger partial charge >= 0.3 is 5.97 Å². The molecule has 5 rings (SSSR count). The number of hydrogen-bond donors (Lipinski definition) is 1. The highest BCUT2D eigenvalue weighted by atomic mass is 35.5. The smallest absolute Gasteiger partial charge is 0.337 e. The fraction of sp³-hybridized carbons (Fsp3) is 0.120. The van der Waals surface area contributed by atoms with E-state index in [4.69, 9.17) is 21.1 Å². The van der Waals surface area contributed by atoms with Crippen molar-refractivity contribution in [2.45, 2.75) is 17.1 Å². The van der Waals surface area contributed by atoms with Gasteiger partial charge in [-0.2, -0.15) is 4.98 Å². The van der Waals surface area contributed by atoms with Crippen LogP contribution in [0.1, 0.15) is 27.7 Å². The third-order valence-electron chi connectivity index (χ3n) is 5.28. The molecule has 0 bridgehead atoms. The first-order valence-corrected chi connectivity index (χ1v) is 11.8. The summed E-state index contributed by atoms with van der Waals surface area (Å²) in [5.74, 6) is 0.582. The van der Waals surface area contributed by atoms with Gasteiger partial charge in [-0.1, -0.05) is 71.9 Å². The molecule has 0 fully saturated rings. The largest absolute Gasteiger partial charge is 0.465 e. The Bertz CT molecular complexity index is 1350. The molecular formula is C25H19ClN4O3S. The van der Waals surface area contributed by atoms with Crippen molar-refractivity contribution in [2.75, 3.05) is 12.4 Å². The second-order valence-corrected chi connectivity index (χ2v) is 8.78. The lowest BCUT2D eigenvalue weighted by Crippen LogP contribution is -2.17. The molecule has 0 aliphatic carbocycles. The fourth-order valence-electron chi connectivity index (χ4n) is 3.53. The Labute approximate surface area is 205 Å². The molecule has 0 spiro atoms. The molecule has 1 aliphatic rings. The normalized spacial score (nSPS) is 14.1. The third kappa shape index (κ3) is 4.55. The van der Waals surface area contributed by atoms with Gasteiger partial charge in [0.2, 0.25) is 11.0 Å². The summed E-state index contributed by atoms with van der Waals surface area (Å²) in [6.45, 7) is 0. The van der Waals surface area contributed by atoms with Crippen LogP contribution in [0.5, 0.6) is 5.88 Å². The van der Waals surface area contributed by atoms with E-state index < -0.39 is 12.2 Å². The molecule has 1 N–H and O–H groups in total. The number of carbonyl (C=O) groups is 1. The first-order chi connectivity index (χ1) is 16.6. The van der Waals surface area contributed by atoms with E-state index in [1.807, 2.05) is 60.7 Å². The van der Waals surface area contributed by atoms with E-state index in [0.29, 0.717) is 33.1 Å². The Morgan fingerprint density at radius 1 is 1.06 bits per heavy atom. The number of anilines is 1. The Morgan fingerprint density at radius 3 is 2.62 bits per heavy atom. The lowest BCUT2D eigenvalue weighted by Gasteiger charge is -2.19. The zero-order valence-electron chi connectivity index (χ0n) is 18.1. The van der Waals surface area contributed by atoms with Gasteiger partial charge in [0.25, 0.3) is 0 Å². The number of rotatable bonds is 5. The molecule has 1 atom stereocenters. The molecule has 7 nitrogen and oxygen atoms in total. The minimum atomic E-state index is -0.549. The summed E-state index contributed by atoms with van der Waals surface area (Å²) in [5.41, 5.74) is 4.51. The van der Waals surface area contributed by atoms with Crippen molar-refractivity contribution in [3.05, 3.63) is 94.5 Å². The maximum Gasteiger partial charge on any atom is 0.337 e. The average Bonchev–Trinajstić information content (AvgIpc) is 3.04. The van der Waals surface area contributed by atoms with E-state index in [1.54, 1.807) is 12.1 Å². The van der Waals surface area contributed by atoms with Gasteiger partial charge in [-0.25, -0.2) is 4.79 Å². The van der Waals surface area contributed by atoms with Gasteiger partial charge in [0.1, 0.15) is 0 Å². The summed E-state index contributed by atoms with van der Waals surface area (Å²) in [4.78, 5) is 16.5. The quantitative estimate of drug-likeness (QED) is 0.278. The SMILES string of the molecule is COC(=O)c1ccc([C@H]2Nc3ccccc3-c3nnc(SCc4ccccc4Cl)nc3O2)cc1. The predicted octanol–water partition coefficient (Wildman–Crippen LogP) is 5.77. The van der Waals surface area contributed by atoms with Crippen molar-refractivity contribution >= 4 is 35.0 Å². The molecule has 0 radical (unpaired) electrons. The number of fused-ring (bicyclic) bond motifs is 3. The molecule has 0 saturated heterocycles.